The Morgan fingerprint density at radius 2 is 1.80 bits per heavy atom. The van der Waals surface area contributed by atoms with E-state index in [2.05, 4.69) is 0 Å². The van der Waals surface area contributed by atoms with Gasteiger partial charge in [0.25, 0.3) is 0 Å². The van der Waals surface area contributed by atoms with Crippen LogP contribution in [-0.4, -0.2) is 48.9 Å². The summed E-state index contributed by atoms with van der Waals surface area (Å²) in [6.07, 6.45) is -4.15. The number of hydrogen-bond acceptors (Lipinski definition) is 3. The highest BCUT2D eigenvalue weighted by Gasteiger charge is 2.32. The Labute approximate surface area is 120 Å². The van der Waals surface area contributed by atoms with Crippen molar-refractivity contribution in [3.8, 4) is 0 Å². The maximum absolute atomic E-state index is 12.3. The second-order valence-corrected chi connectivity index (χ2v) is 5.23. The van der Waals surface area contributed by atoms with E-state index in [-0.39, 0.29) is 6.61 Å². The lowest BCUT2D eigenvalue weighted by molar-refractivity contribution is -0.146. The molecule has 7 heteroatoms. The van der Waals surface area contributed by atoms with Gasteiger partial charge in [0.05, 0.1) is 23.9 Å². The monoisotopic (exact) mass is 308 g/mol. The first-order chi connectivity index (χ1) is 9.39. The molecule has 0 spiro atoms. The SMILES string of the molecule is OCc1ccc(N2CCN(CC(F)(F)F)CC2)c(Cl)c1. The lowest BCUT2D eigenvalue weighted by atomic mass is 10.2. The van der Waals surface area contributed by atoms with Crippen molar-refractivity contribution in [2.24, 2.45) is 0 Å². The Kier molecular flexibility index (Phi) is 4.78. The van der Waals surface area contributed by atoms with Gasteiger partial charge in [0.2, 0.25) is 0 Å². The molecule has 0 bridgehead atoms. The molecule has 0 saturated carbocycles. The molecule has 0 unspecified atom stereocenters. The zero-order valence-electron chi connectivity index (χ0n) is 10.8. The fraction of sp³-hybridized carbons (Fsp3) is 0.538. The van der Waals surface area contributed by atoms with Crippen molar-refractivity contribution in [1.82, 2.24) is 4.90 Å². The van der Waals surface area contributed by atoms with E-state index in [9.17, 15) is 13.2 Å². The van der Waals surface area contributed by atoms with Crippen LogP contribution in [0.3, 0.4) is 0 Å². The van der Waals surface area contributed by atoms with E-state index in [1.54, 1.807) is 18.2 Å². The van der Waals surface area contributed by atoms with Gasteiger partial charge in [0.1, 0.15) is 0 Å². The van der Waals surface area contributed by atoms with Gasteiger partial charge >= 0.3 is 6.18 Å². The molecule has 0 radical (unpaired) electrons. The van der Waals surface area contributed by atoms with E-state index >= 15 is 0 Å². The minimum Gasteiger partial charge on any atom is -0.392 e. The van der Waals surface area contributed by atoms with Crippen LogP contribution >= 0.6 is 11.6 Å². The van der Waals surface area contributed by atoms with Crippen LogP contribution in [0.25, 0.3) is 0 Å². The van der Waals surface area contributed by atoms with Crippen LogP contribution in [0.4, 0.5) is 18.9 Å². The second kappa shape index (κ2) is 6.20. The molecule has 0 aromatic heterocycles. The minimum absolute atomic E-state index is 0.0840. The van der Waals surface area contributed by atoms with Gasteiger partial charge in [-0.15, -0.1) is 0 Å². The summed E-state index contributed by atoms with van der Waals surface area (Å²) in [6.45, 7) is 0.787. The number of aliphatic hydroxyl groups excluding tert-OH is 1. The molecule has 1 aromatic rings. The van der Waals surface area contributed by atoms with E-state index < -0.39 is 12.7 Å². The van der Waals surface area contributed by atoms with Gasteiger partial charge in [-0.3, -0.25) is 4.90 Å². The fourth-order valence-electron chi connectivity index (χ4n) is 2.31. The van der Waals surface area contributed by atoms with Crippen molar-refractivity contribution in [3.05, 3.63) is 28.8 Å². The number of alkyl halides is 3. The van der Waals surface area contributed by atoms with Crippen molar-refractivity contribution >= 4 is 17.3 Å². The Balaban J connectivity index is 1.97. The van der Waals surface area contributed by atoms with Crippen molar-refractivity contribution in [2.45, 2.75) is 12.8 Å². The summed E-state index contributed by atoms with van der Waals surface area (Å²) in [7, 11) is 0. The largest absolute Gasteiger partial charge is 0.401 e. The predicted molar refractivity (Wildman–Crippen MR) is 72.1 cm³/mol. The predicted octanol–water partition coefficient (Wildman–Crippen LogP) is 2.52. The van der Waals surface area contributed by atoms with Gasteiger partial charge in [-0.1, -0.05) is 17.7 Å². The molecular formula is C13H16ClF3N2O. The zero-order chi connectivity index (χ0) is 14.8. The lowest BCUT2D eigenvalue weighted by Gasteiger charge is -2.36. The Morgan fingerprint density at radius 1 is 1.15 bits per heavy atom. The normalized spacial score (nSPS) is 17.6. The number of hydrogen-bond donors (Lipinski definition) is 1. The number of anilines is 1. The molecule has 1 aliphatic rings. The zero-order valence-corrected chi connectivity index (χ0v) is 11.6. The average molecular weight is 309 g/mol. The summed E-state index contributed by atoms with van der Waals surface area (Å²) >= 11 is 6.14. The van der Waals surface area contributed by atoms with Gasteiger partial charge in [0.15, 0.2) is 0 Å². The molecule has 3 nitrogen and oxygen atoms in total. The van der Waals surface area contributed by atoms with Crippen LogP contribution < -0.4 is 4.90 Å². The number of aliphatic hydroxyl groups is 1. The summed E-state index contributed by atoms with van der Waals surface area (Å²) < 4.78 is 36.9. The first kappa shape index (κ1) is 15.4. The standard InChI is InChI=1S/C13H16ClF3N2O/c14-11-7-10(8-20)1-2-12(11)19-5-3-18(4-6-19)9-13(15,16)17/h1-2,7,20H,3-6,8-9H2. The van der Waals surface area contributed by atoms with E-state index in [4.69, 9.17) is 16.7 Å². The number of rotatable bonds is 3. The Bertz CT molecular complexity index is 459. The Hall–Kier alpha value is -0.980. The third-order valence-corrected chi connectivity index (χ3v) is 3.61. The number of halogens is 4. The van der Waals surface area contributed by atoms with Crippen LogP contribution in [0.2, 0.25) is 5.02 Å². The first-order valence-corrected chi connectivity index (χ1v) is 6.70. The van der Waals surface area contributed by atoms with Crippen LogP contribution in [0.5, 0.6) is 0 Å². The Morgan fingerprint density at radius 3 is 2.30 bits per heavy atom. The van der Waals surface area contributed by atoms with Crippen LogP contribution in [0.1, 0.15) is 5.56 Å². The van der Waals surface area contributed by atoms with Crippen LogP contribution in [-0.2, 0) is 6.61 Å². The van der Waals surface area contributed by atoms with Gasteiger partial charge in [-0.05, 0) is 17.7 Å². The molecule has 20 heavy (non-hydrogen) atoms. The number of nitrogens with zero attached hydrogens (tertiary/aromatic N) is 2. The van der Waals surface area contributed by atoms with Crippen molar-refractivity contribution in [2.75, 3.05) is 37.6 Å². The molecule has 112 valence electrons. The van der Waals surface area contributed by atoms with Gasteiger partial charge in [0, 0.05) is 26.2 Å². The second-order valence-electron chi connectivity index (χ2n) is 4.82. The smallest absolute Gasteiger partial charge is 0.392 e. The molecule has 2 rings (SSSR count). The molecule has 0 aliphatic carbocycles. The average Bonchev–Trinajstić information content (AvgIpc) is 2.38. The topological polar surface area (TPSA) is 26.7 Å². The molecule has 1 aromatic carbocycles. The van der Waals surface area contributed by atoms with E-state index in [0.717, 1.165) is 11.3 Å². The van der Waals surface area contributed by atoms with Gasteiger partial charge < -0.3 is 10.0 Å². The lowest BCUT2D eigenvalue weighted by Crippen LogP contribution is -2.49. The third kappa shape index (κ3) is 4.01. The summed E-state index contributed by atoms with van der Waals surface area (Å²) in [6, 6.07) is 5.25. The quantitative estimate of drug-likeness (QED) is 0.929. The summed E-state index contributed by atoms with van der Waals surface area (Å²) in [5.41, 5.74) is 1.52. The highest BCUT2D eigenvalue weighted by Crippen LogP contribution is 2.28. The van der Waals surface area contributed by atoms with E-state index in [0.29, 0.717) is 31.2 Å². The molecule has 1 saturated heterocycles. The molecule has 0 amide bonds. The van der Waals surface area contributed by atoms with Crippen LogP contribution in [0.15, 0.2) is 18.2 Å². The molecule has 1 aliphatic heterocycles. The molecule has 1 heterocycles. The summed E-state index contributed by atoms with van der Waals surface area (Å²) in [5, 5.41) is 9.54. The fourth-order valence-corrected chi connectivity index (χ4v) is 2.63. The molecule has 0 atom stereocenters. The molecular weight excluding hydrogens is 293 g/mol. The maximum Gasteiger partial charge on any atom is 0.401 e. The highest BCUT2D eigenvalue weighted by molar-refractivity contribution is 6.33. The molecule has 1 fully saturated rings. The van der Waals surface area contributed by atoms with Crippen molar-refractivity contribution < 1.29 is 18.3 Å². The first-order valence-electron chi connectivity index (χ1n) is 6.32. The minimum atomic E-state index is -4.15. The molecule has 1 N–H and O–H groups in total. The maximum atomic E-state index is 12.3. The van der Waals surface area contributed by atoms with Gasteiger partial charge in [-0.2, -0.15) is 13.2 Å². The number of benzene rings is 1. The van der Waals surface area contributed by atoms with Gasteiger partial charge in [-0.25, -0.2) is 0 Å². The number of piperazine rings is 1. The van der Waals surface area contributed by atoms with Crippen molar-refractivity contribution in [1.29, 1.82) is 0 Å². The van der Waals surface area contributed by atoms with E-state index in [1.165, 1.54) is 4.90 Å². The summed E-state index contributed by atoms with van der Waals surface area (Å²) in [4.78, 5) is 3.36. The highest BCUT2D eigenvalue weighted by atomic mass is 35.5. The third-order valence-electron chi connectivity index (χ3n) is 3.31. The van der Waals surface area contributed by atoms with Crippen molar-refractivity contribution in [3.63, 3.8) is 0 Å². The summed E-state index contributed by atoms with van der Waals surface area (Å²) in [5.74, 6) is 0. The van der Waals surface area contributed by atoms with E-state index in [1.807, 2.05) is 4.90 Å². The van der Waals surface area contributed by atoms with Crippen LogP contribution in [0, 0.1) is 0 Å².